The summed E-state index contributed by atoms with van der Waals surface area (Å²) in [6.45, 7) is 1.61. The Kier molecular flexibility index (Phi) is 6.07. The summed E-state index contributed by atoms with van der Waals surface area (Å²) in [5, 5.41) is 2.80. The fraction of sp³-hybridized carbons (Fsp3) is 0.263. The van der Waals surface area contributed by atoms with Gasteiger partial charge in [0.1, 0.15) is 5.82 Å². The van der Waals surface area contributed by atoms with Crippen LogP contribution in [-0.2, 0) is 16.1 Å². The molecule has 2 aromatic rings. The van der Waals surface area contributed by atoms with E-state index in [0.717, 1.165) is 5.56 Å². The lowest BCUT2D eigenvalue weighted by Gasteiger charge is -2.23. The molecule has 0 bridgehead atoms. The highest BCUT2D eigenvalue weighted by molar-refractivity contribution is 5.79. The van der Waals surface area contributed by atoms with Gasteiger partial charge < -0.3 is 10.2 Å². The number of amides is 2. The van der Waals surface area contributed by atoms with Crippen LogP contribution in [0.3, 0.4) is 0 Å². The smallest absolute Gasteiger partial charge is 0.225 e. The molecule has 0 aliphatic carbocycles. The molecule has 0 spiro atoms. The third kappa shape index (κ3) is 4.91. The van der Waals surface area contributed by atoms with Crippen LogP contribution >= 0.6 is 0 Å². The Hall–Kier alpha value is -2.69. The standard InChI is InChI=1S/C19H21FN2O2/c1-14(23)21-18(15-8-4-3-5-9-15)12-19(24)22(2)13-16-10-6-7-11-17(16)20/h3-11,18H,12-13H2,1-2H3,(H,21,23)/t18-/m0/s1. The van der Waals surface area contributed by atoms with Crippen LogP contribution in [-0.4, -0.2) is 23.8 Å². The summed E-state index contributed by atoms with van der Waals surface area (Å²) >= 11 is 0. The van der Waals surface area contributed by atoms with Crippen LogP contribution in [0.25, 0.3) is 0 Å². The third-order valence-electron chi connectivity index (χ3n) is 3.75. The van der Waals surface area contributed by atoms with E-state index in [1.54, 1.807) is 25.2 Å². The fourth-order valence-electron chi connectivity index (χ4n) is 2.48. The molecule has 0 aliphatic rings. The van der Waals surface area contributed by atoms with E-state index in [-0.39, 0.29) is 30.6 Å². The molecule has 0 saturated carbocycles. The van der Waals surface area contributed by atoms with Crippen LogP contribution in [0.15, 0.2) is 54.6 Å². The minimum absolute atomic E-state index is 0.120. The summed E-state index contributed by atoms with van der Waals surface area (Å²) in [5.41, 5.74) is 1.32. The van der Waals surface area contributed by atoms with Gasteiger partial charge in [-0.15, -0.1) is 0 Å². The highest BCUT2D eigenvalue weighted by atomic mass is 19.1. The van der Waals surface area contributed by atoms with Crippen LogP contribution in [0.4, 0.5) is 4.39 Å². The zero-order valence-electron chi connectivity index (χ0n) is 13.8. The van der Waals surface area contributed by atoms with Crippen molar-refractivity contribution in [1.29, 1.82) is 0 Å². The maximum absolute atomic E-state index is 13.7. The number of carbonyl (C=O) groups excluding carboxylic acids is 2. The van der Waals surface area contributed by atoms with Crippen LogP contribution < -0.4 is 5.32 Å². The number of rotatable bonds is 6. The van der Waals surface area contributed by atoms with Crippen LogP contribution in [0.5, 0.6) is 0 Å². The number of halogens is 1. The molecule has 0 saturated heterocycles. The first-order chi connectivity index (χ1) is 11.5. The second kappa shape index (κ2) is 8.24. The molecular formula is C19H21FN2O2. The first-order valence-electron chi connectivity index (χ1n) is 7.77. The molecule has 0 heterocycles. The SMILES string of the molecule is CC(=O)N[C@@H](CC(=O)N(C)Cc1ccccc1F)c1ccccc1. The molecule has 126 valence electrons. The summed E-state index contributed by atoms with van der Waals surface area (Å²) in [6.07, 6.45) is 0.120. The van der Waals surface area contributed by atoms with Crippen LogP contribution in [0, 0.1) is 5.82 Å². The van der Waals surface area contributed by atoms with Crippen molar-refractivity contribution in [1.82, 2.24) is 10.2 Å². The first kappa shape index (κ1) is 17.7. The predicted molar refractivity (Wildman–Crippen MR) is 90.5 cm³/mol. The van der Waals surface area contributed by atoms with Crippen molar-refractivity contribution in [2.45, 2.75) is 25.9 Å². The molecule has 2 aromatic carbocycles. The zero-order valence-corrected chi connectivity index (χ0v) is 13.8. The topological polar surface area (TPSA) is 49.4 Å². The summed E-state index contributed by atoms with van der Waals surface area (Å²) < 4.78 is 13.7. The molecule has 0 unspecified atom stereocenters. The quantitative estimate of drug-likeness (QED) is 0.886. The third-order valence-corrected chi connectivity index (χ3v) is 3.75. The van der Waals surface area contributed by atoms with Gasteiger partial charge in [-0.1, -0.05) is 48.5 Å². The van der Waals surface area contributed by atoms with Gasteiger partial charge in [-0.2, -0.15) is 0 Å². The van der Waals surface area contributed by atoms with Gasteiger partial charge in [0.2, 0.25) is 11.8 Å². The zero-order chi connectivity index (χ0) is 17.5. The number of nitrogens with zero attached hydrogens (tertiary/aromatic N) is 1. The van der Waals surface area contributed by atoms with Crippen molar-refractivity contribution in [2.24, 2.45) is 0 Å². The van der Waals surface area contributed by atoms with Crippen molar-refractivity contribution in [3.8, 4) is 0 Å². The van der Waals surface area contributed by atoms with Gasteiger partial charge in [-0.3, -0.25) is 9.59 Å². The number of nitrogens with one attached hydrogen (secondary N) is 1. The van der Waals surface area contributed by atoms with E-state index in [9.17, 15) is 14.0 Å². The number of carbonyl (C=O) groups is 2. The largest absolute Gasteiger partial charge is 0.349 e. The molecular weight excluding hydrogens is 307 g/mol. The van der Waals surface area contributed by atoms with Crippen molar-refractivity contribution < 1.29 is 14.0 Å². The minimum atomic E-state index is -0.403. The van der Waals surface area contributed by atoms with Crippen LogP contribution in [0.1, 0.15) is 30.5 Å². The number of hydrogen-bond acceptors (Lipinski definition) is 2. The van der Waals surface area contributed by atoms with Gasteiger partial charge in [0.15, 0.2) is 0 Å². The van der Waals surface area contributed by atoms with Gasteiger partial charge in [-0.25, -0.2) is 4.39 Å². The van der Waals surface area contributed by atoms with E-state index >= 15 is 0 Å². The van der Waals surface area contributed by atoms with Crippen molar-refractivity contribution in [2.75, 3.05) is 7.05 Å². The molecule has 24 heavy (non-hydrogen) atoms. The Morgan fingerprint density at radius 3 is 2.33 bits per heavy atom. The molecule has 5 heteroatoms. The summed E-state index contributed by atoms with van der Waals surface area (Å²) in [6, 6.07) is 15.3. The van der Waals surface area contributed by atoms with E-state index < -0.39 is 6.04 Å². The van der Waals surface area contributed by atoms with E-state index in [1.165, 1.54) is 17.9 Å². The van der Waals surface area contributed by atoms with Gasteiger partial charge >= 0.3 is 0 Å². The normalized spacial score (nSPS) is 11.6. The lowest BCUT2D eigenvalue weighted by molar-refractivity contribution is -0.131. The van der Waals surface area contributed by atoms with Gasteiger partial charge in [0, 0.05) is 26.1 Å². The molecule has 1 atom stereocenters. The van der Waals surface area contributed by atoms with Gasteiger partial charge in [0.25, 0.3) is 0 Å². The predicted octanol–water partition coefficient (Wildman–Crippen LogP) is 3.05. The second-order valence-electron chi connectivity index (χ2n) is 5.71. The van der Waals surface area contributed by atoms with Crippen LogP contribution in [0.2, 0.25) is 0 Å². The number of hydrogen-bond donors (Lipinski definition) is 1. The second-order valence-corrected chi connectivity index (χ2v) is 5.71. The number of benzene rings is 2. The highest BCUT2D eigenvalue weighted by Crippen LogP contribution is 2.18. The summed E-state index contributed by atoms with van der Waals surface area (Å²) in [4.78, 5) is 25.4. The fourth-order valence-corrected chi connectivity index (χ4v) is 2.48. The van der Waals surface area contributed by atoms with E-state index in [0.29, 0.717) is 5.56 Å². The average molecular weight is 328 g/mol. The highest BCUT2D eigenvalue weighted by Gasteiger charge is 2.20. The minimum Gasteiger partial charge on any atom is -0.349 e. The lowest BCUT2D eigenvalue weighted by atomic mass is 10.0. The molecule has 2 amide bonds. The van der Waals surface area contributed by atoms with Gasteiger partial charge in [0.05, 0.1) is 12.5 Å². The summed E-state index contributed by atoms with van der Waals surface area (Å²) in [5.74, 6) is -0.701. The Morgan fingerprint density at radius 1 is 1.08 bits per heavy atom. The van der Waals surface area contributed by atoms with Crippen molar-refractivity contribution in [3.05, 3.63) is 71.5 Å². The van der Waals surface area contributed by atoms with Crippen molar-refractivity contribution in [3.63, 3.8) is 0 Å². The maximum atomic E-state index is 13.7. The van der Waals surface area contributed by atoms with E-state index in [4.69, 9.17) is 0 Å². The molecule has 0 fully saturated rings. The molecule has 0 aliphatic heterocycles. The molecule has 1 N–H and O–H groups in total. The Balaban J connectivity index is 2.06. The Bertz CT molecular complexity index is 704. The lowest BCUT2D eigenvalue weighted by Crippen LogP contribution is -2.33. The van der Waals surface area contributed by atoms with Gasteiger partial charge in [-0.05, 0) is 11.6 Å². The summed E-state index contributed by atoms with van der Waals surface area (Å²) in [7, 11) is 1.63. The first-order valence-corrected chi connectivity index (χ1v) is 7.77. The molecule has 0 radical (unpaired) electrons. The Morgan fingerprint density at radius 2 is 1.71 bits per heavy atom. The van der Waals surface area contributed by atoms with E-state index in [1.807, 2.05) is 30.3 Å². The molecule has 2 rings (SSSR count). The van der Waals surface area contributed by atoms with E-state index in [2.05, 4.69) is 5.32 Å². The van der Waals surface area contributed by atoms with Crippen molar-refractivity contribution >= 4 is 11.8 Å². The maximum Gasteiger partial charge on any atom is 0.225 e. The molecule has 4 nitrogen and oxygen atoms in total. The monoisotopic (exact) mass is 328 g/mol. The average Bonchev–Trinajstić information content (AvgIpc) is 2.56. The molecule has 0 aromatic heterocycles. The Labute approximate surface area is 141 Å².